The molecule has 1 aliphatic heterocycles. The van der Waals surface area contributed by atoms with Gasteiger partial charge in [0.1, 0.15) is 0 Å². The van der Waals surface area contributed by atoms with E-state index in [1.165, 1.54) is 31.2 Å². The van der Waals surface area contributed by atoms with E-state index in [4.69, 9.17) is 4.74 Å². The van der Waals surface area contributed by atoms with E-state index in [1.54, 1.807) is 4.90 Å². The minimum absolute atomic E-state index is 0.0423. The molecular weight excluding hydrogens is 391 g/mol. The van der Waals surface area contributed by atoms with Gasteiger partial charge in [-0.25, -0.2) is 4.39 Å². The number of amides is 3. The van der Waals surface area contributed by atoms with Crippen LogP contribution in [-0.2, 0) is 9.59 Å². The molecule has 0 aliphatic carbocycles. The summed E-state index contributed by atoms with van der Waals surface area (Å²) in [5, 5.41) is 2.93. The molecular formula is C21H31FN4O4. The van der Waals surface area contributed by atoms with Gasteiger partial charge in [-0.3, -0.25) is 19.3 Å². The Kier molecular flexibility index (Phi) is 7.77. The molecule has 1 fully saturated rings. The van der Waals surface area contributed by atoms with Gasteiger partial charge in [0.05, 0.1) is 20.2 Å². The maximum atomic E-state index is 13.8. The fourth-order valence-electron chi connectivity index (χ4n) is 3.21. The monoisotopic (exact) mass is 422 g/mol. The first-order valence-corrected chi connectivity index (χ1v) is 9.90. The number of halogens is 1. The third-order valence-electron chi connectivity index (χ3n) is 4.72. The van der Waals surface area contributed by atoms with Crippen LogP contribution in [0.3, 0.4) is 0 Å². The van der Waals surface area contributed by atoms with Crippen molar-refractivity contribution < 1.29 is 23.5 Å². The molecule has 3 amide bonds. The van der Waals surface area contributed by atoms with Gasteiger partial charge in [0.15, 0.2) is 11.6 Å². The summed E-state index contributed by atoms with van der Waals surface area (Å²) in [4.78, 5) is 42.1. The molecule has 1 saturated heterocycles. The largest absolute Gasteiger partial charge is 0.494 e. The van der Waals surface area contributed by atoms with Crippen LogP contribution in [0.15, 0.2) is 18.2 Å². The van der Waals surface area contributed by atoms with Gasteiger partial charge in [0.2, 0.25) is 11.8 Å². The number of ether oxygens (including phenoxy) is 1. The van der Waals surface area contributed by atoms with Crippen molar-refractivity contribution >= 4 is 17.7 Å². The molecule has 0 radical (unpaired) electrons. The quantitative estimate of drug-likeness (QED) is 0.739. The van der Waals surface area contributed by atoms with Gasteiger partial charge in [-0.05, 0) is 39.0 Å². The van der Waals surface area contributed by atoms with Crippen molar-refractivity contribution in [2.45, 2.75) is 26.3 Å². The molecule has 30 heavy (non-hydrogen) atoms. The van der Waals surface area contributed by atoms with Crippen LogP contribution in [0.25, 0.3) is 0 Å². The summed E-state index contributed by atoms with van der Waals surface area (Å²) >= 11 is 0. The van der Waals surface area contributed by atoms with Crippen LogP contribution in [0.5, 0.6) is 5.75 Å². The van der Waals surface area contributed by atoms with Crippen molar-refractivity contribution in [3.8, 4) is 5.75 Å². The summed E-state index contributed by atoms with van der Waals surface area (Å²) in [6.45, 7) is 8.13. The average Bonchev–Trinajstić information content (AvgIpc) is 2.66. The molecule has 8 nitrogen and oxygen atoms in total. The van der Waals surface area contributed by atoms with Crippen LogP contribution in [0.1, 0.15) is 31.1 Å². The van der Waals surface area contributed by atoms with E-state index >= 15 is 0 Å². The number of hydrogen-bond acceptors (Lipinski definition) is 5. The Bertz CT molecular complexity index is 786. The van der Waals surface area contributed by atoms with Gasteiger partial charge in [-0.2, -0.15) is 0 Å². The van der Waals surface area contributed by atoms with E-state index in [0.29, 0.717) is 32.7 Å². The number of carbonyl (C=O) groups is 3. The summed E-state index contributed by atoms with van der Waals surface area (Å²) in [5.74, 6) is -1.24. The molecule has 1 aromatic carbocycles. The summed E-state index contributed by atoms with van der Waals surface area (Å²) < 4.78 is 18.7. The first kappa shape index (κ1) is 23.6. The van der Waals surface area contributed by atoms with Gasteiger partial charge in [-0.1, -0.05) is 0 Å². The molecule has 1 aliphatic rings. The van der Waals surface area contributed by atoms with Crippen LogP contribution in [-0.4, -0.2) is 91.4 Å². The SMILES string of the molecule is COc1ccc(C(=O)N(C)CC(=O)N2CCN(CC(=O)NC(C)(C)C)CC2)cc1F. The van der Waals surface area contributed by atoms with Crippen LogP contribution in [0, 0.1) is 5.82 Å². The molecule has 0 unspecified atom stereocenters. The minimum atomic E-state index is -0.630. The Labute approximate surface area is 176 Å². The first-order chi connectivity index (χ1) is 14.0. The molecule has 1 heterocycles. The highest BCUT2D eigenvalue weighted by atomic mass is 19.1. The number of carbonyl (C=O) groups excluding carboxylic acids is 3. The lowest BCUT2D eigenvalue weighted by Gasteiger charge is -2.35. The van der Waals surface area contributed by atoms with Crippen molar-refractivity contribution in [1.29, 1.82) is 0 Å². The maximum Gasteiger partial charge on any atom is 0.254 e. The standard InChI is InChI=1S/C21H31FN4O4/c1-21(2,3)23-18(27)13-25-8-10-26(11-9-25)19(28)14-24(4)20(29)15-6-7-17(30-5)16(22)12-15/h6-7,12H,8-11,13-14H2,1-5H3,(H,23,27). The molecule has 0 aromatic heterocycles. The number of rotatable bonds is 6. The lowest BCUT2D eigenvalue weighted by Crippen LogP contribution is -2.54. The minimum Gasteiger partial charge on any atom is -0.494 e. The third kappa shape index (κ3) is 6.69. The molecule has 0 atom stereocenters. The molecule has 0 spiro atoms. The van der Waals surface area contributed by atoms with E-state index < -0.39 is 11.7 Å². The van der Waals surface area contributed by atoms with Gasteiger partial charge in [0, 0.05) is 44.3 Å². The van der Waals surface area contributed by atoms with Gasteiger partial charge in [0.25, 0.3) is 5.91 Å². The van der Waals surface area contributed by atoms with Crippen molar-refractivity contribution in [2.24, 2.45) is 0 Å². The van der Waals surface area contributed by atoms with Gasteiger partial charge in [-0.15, -0.1) is 0 Å². The predicted molar refractivity (Wildman–Crippen MR) is 111 cm³/mol. The van der Waals surface area contributed by atoms with E-state index in [1.807, 2.05) is 25.7 Å². The van der Waals surface area contributed by atoms with E-state index in [-0.39, 0.29) is 35.2 Å². The van der Waals surface area contributed by atoms with Crippen molar-refractivity contribution in [3.05, 3.63) is 29.6 Å². The number of nitrogens with one attached hydrogen (secondary N) is 1. The normalized spacial score (nSPS) is 14.9. The Morgan fingerprint density at radius 1 is 1.17 bits per heavy atom. The molecule has 0 bridgehead atoms. The lowest BCUT2D eigenvalue weighted by atomic mass is 10.1. The first-order valence-electron chi connectivity index (χ1n) is 9.90. The van der Waals surface area contributed by atoms with E-state index in [0.717, 1.165) is 6.07 Å². The second-order valence-corrected chi connectivity index (χ2v) is 8.47. The topological polar surface area (TPSA) is 82.2 Å². The highest BCUT2D eigenvalue weighted by Crippen LogP contribution is 2.18. The van der Waals surface area contributed by atoms with E-state index in [9.17, 15) is 18.8 Å². The van der Waals surface area contributed by atoms with Gasteiger partial charge >= 0.3 is 0 Å². The number of methoxy groups -OCH3 is 1. The smallest absolute Gasteiger partial charge is 0.254 e. The lowest BCUT2D eigenvalue weighted by molar-refractivity contribution is -0.133. The zero-order valence-electron chi connectivity index (χ0n) is 18.3. The fraction of sp³-hybridized carbons (Fsp3) is 0.571. The van der Waals surface area contributed by atoms with Crippen molar-refractivity contribution in [3.63, 3.8) is 0 Å². The Hall–Kier alpha value is -2.68. The molecule has 1 aromatic rings. The summed E-state index contributed by atoms with van der Waals surface area (Å²) in [7, 11) is 2.86. The fourth-order valence-corrected chi connectivity index (χ4v) is 3.21. The van der Waals surface area contributed by atoms with Crippen LogP contribution in [0.2, 0.25) is 0 Å². The highest BCUT2D eigenvalue weighted by molar-refractivity contribution is 5.96. The number of likely N-dealkylation sites (N-methyl/N-ethyl adjacent to an activating group) is 1. The summed E-state index contributed by atoms with van der Waals surface area (Å²) in [6, 6.07) is 3.95. The van der Waals surface area contributed by atoms with Crippen molar-refractivity contribution in [1.82, 2.24) is 20.0 Å². The Balaban J connectivity index is 1.83. The Morgan fingerprint density at radius 2 is 1.80 bits per heavy atom. The van der Waals surface area contributed by atoms with E-state index in [2.05, 4.69) is 5.32 Å². The average molecular weight is 423 g/mol. The zero-order valence-corrected chi connectivity index (χ0v) is 18.3. The maximum absolute atomic E-state index is 13.8. The summed E-state index contributed by atoms with van der Waals surface area (Å²) in [6.07, 6.45) is 0. The molecule has 1 N–H and O–H groups in total. The molecule has 9 heteroatoms. The number of hydrogen-bond donors (Lipinski definition) is 1. The van der Waals surface area contributed by atoms with Crippen LogP contribution >= 0.6 is 0 Å². The van der Waals surface area contributed by atoms with Crippen molar-refractivity contribution in [2.75, 3.05) is 53.4 Å². The van der Waals surface area contributed by atoms with Crippen LogP contribution < -0.4 is 10.1 Å². The van der Waals surface area contributed by atoms with Crippen LogP contribution in [0.4, 0.5) is 4.39 Å². The number of benzene rings is 1. The predicted octanol–water partition coefficient (Wildman–Crippen LogP) is 0.965. The highest BCUT2D eigenvalue weighted by Gasteiger charge is 2.25. The number of piperazine rings is 1. The Morgan fingerprint density at radius 3 is 2.33 bits per heavy atom. The second kappa shape index (κ2) is 9.88. The third-order valence-corrected chi connectivity index (χ3v) is 4.72. The molecule has 0 saturated carbocycles. The second-order valence-electron chi connectivity index (χ2n) is 8.47. The number of nitrogens with zero attached hydrogens (tertiary/aromatic N) is 3. The zero-order chi connectivity index (χ0) is 22.5. The summed E-state index contributed by atoms with van der Waals surface area (Å²) in [5.41, 5.74) is -0.128. The molecule has 166 valence electrons. The van der Waals surface area contributed by atoms with Gasteiger partial charge < -0.3 is 19.9 Å². The molecule has 2 rings (SSSR count).